The van der Waals surface area contributed by atoms with Crippen molar-refractivity contribution in [3.05, 3.63) is 65.2 Å². The van der Waals surface area contributed by atoms with Crippen molar-refractivity contribution < 1.29 is 19.1 Å². The normalized spacial score (nSPS) is 17.6. The minimum Gasteiger partial charge on any atom is -0.497 e. The lowest BCUT2D eigenvalue weighted by molar-refractivity contribution is -0.126. The molecule has 1 atom stereocenters. The lowest BCUT2D eigenvalue weighted by atomic mass is 9.91. The summed E-state index contributed by atoms with van der Waals surface area (Å²) in [6.45, 7) is 0.338. The summed E-state index contributed by atoms with van der Waals surface area (Å²) < 4.78 is 11.1. The van der Waals surface area contributed by atoms with Crippen LogP contribution < -0.4 is 25.4 Å². The van der Waals surface area contributed by atoms with E-state index in [2.05, 4.69) is 5.32 Å². The van der Waals surface area contributed by atoms with Gasteiger partial charge in [-0.15, -0.1) is 0 Å². The van der Waals surface area contributed by atoms with Crippen LogP contribution in [0.5, 0.6) is 11.5 Å². The van der Waals surface area contributed by atoms with Crippen molar-refractivity contribution in [3.63, 3.8) is 0 Å². The van der Waals surface area contributed by atoms with Crippen LogP contribution in [0.4, 0.5) is 5.69 Å². The zero-order valence-electron chi connectivity index (χ0n) is 21.6. The van der Waals surface area contributed by atoms with Crippen LogP contribution in [0.25, 0.3) is 0 Å². The molecule has 4 rings (SSSR count). The van der Waals surface area contributed by atoms with Gasteiger partial charge in [-0.25, -0.2) is 0 Å². The van der Waals surface area contributed by atoms with Crippen molar-refractivity contribution >= 4 is 23.3 Å². The number of amides is 2. The van der Waals surface area contributed by atoms with Gasteiger partial charge in [-0.3, -0.25) is 15.0 Å². The Morgan fingerprint density at radius 1 is 1.03 bits per heavy atom. The lowest BCUT2D eigenvalue weighted by Crippen LogP contribution is -2.44. The van der Waals surface area contributed by atoms with Crippen molar-refractivity contribution in [2.24, 2.45) is 11.7 Å². The number of nitrogens with two attached hydrogens (primary N) is 1. The maximum Gasteiger partial charge on any atom is 0.255 e. The van der Waals surface area contributed by atoms with Gasteiger partial charge in [0, 0.05) is 29.8 Å². The number of amidine groups is 1. The summed E-state index contributed by atoms with van der Waals surface area (Å²) in [4.78, 5) is 29.2. The molecule has 0 radical (unpaired) electrons. The van der Waals surface area contributed by atoms with Gasteiger partial charge in [0.05, 0.1) is 25.8 Å². The summed E-state index contributed by atoms with van der Waals surface area (Å²) in [5.74, 6) is 0.454. The third-order valence-electron chi connectivity index (χ3n) is 7.29. The Kier molecular flexibility index (Phi) is 8.48. The first-order chi connectivity index (χ1) is 17.9. The highest BCUT2D eigenvalue weighted by molar-refractivity contribution is 6.10. The van der Waals surface area contributed by atoms with Crippen LogP contribution in [0.1, 0.15) is 56.1 Å². The molecule has 0 heterocycles. The molecule has 8 nitrogen and oxygen atoms in total. The molecule has 0 saturated heterocycles. The van der Waals surface area contributed by atoms with E-state index in [0.29, 0.717) is 47.7 Å². The highest BCUT2D eigenvalue weighted by atomic mass is 16.5. The number of nitrogen functional groups attached to an aromatic ring is 1. The monoisotopic (exact) mass is 504 g/mol. The fourth-order valence-electron chi connectivity index (χ4n) is 5.26. The summed E-state index contributed by atoms with van der Waals surface area (Å²) >= 11 is 0. The van der Waals surface area contributed by atoms with Crippen LogP contribution in [0, 0.1) is 11.3 Å². The van der Waals surface area contributed by atoms with Crippen LogP contribution in [0.15, 0.2) is 54.1 Å². The van der Waals surface area contributed by atoms with Gasteiger partial charge in [0.15, 0.2) is 0 Å². The van der Waals surface area contributed by atoms with E-state index in [1.165, 1.54) is 0 Å². The maximum atomic E-state index is 14.2. The van der Waals surface area contributed by atoms with E-state index in [-0.39, 0.29) is 23.7 Å². The number of allylic oxidation sites excluding steroid dienone is 1. The fourth-order valence-corrected chi connectivity index (χ4v) is 5.26. The fraction of sp³-hybridized carbons (Fsp3) is 0.414. The first-order valence-corrected chi connectivity index (χ1v) is 12.9. The average molecular weight is 505 g/mol. The third kappa shape index (κ3) is 5.96. The second-order valence-corrected chi connectivity index (χ2v) is 9.62. The topological polar surface area (TPSA) is 118 Å². The third-order valence-corrected chi connectivity index (χ3v) is 7.29. The molecule has 37 heavy (non-hydrogen) atoms. The minimum atomic E-state index is -0.508. The summed E-state index contributed by atoms with van der Waals surface area (Å²) in [7, 11) is 3.20. The molecule has 2 aromatic carbocycles. The van der Waals surface area contributed by atoms with Gasteiger partial charge in [0.25, 0.3) is 5.91 Å². The number of benzene rings is 2. The van der Waals surface area contributed by atoms with Gasteiger partial charge in [-0.1, -0.05) is 49.6 Å². The lowest BCUT2D eigenvalue weighted by Gasteiger charge is -2.36. The summed E-state index contributed by atoms with van der Waals surface area (Å²) in [5, 5.41) is 10.5. The number of hydrogen-bond donors (Lipinski definition) is 3. The van der Waals surface area contributed by atoms with Crippen LogP contribution >= 0.6 is 0 Å². The van der Waals surface area contributed by atoms with Crippen LogP contribution in [-0.2, 0) is 16.1 Å². The molecule has 1 fully saturated rings. The van der Waals surface area contributed by atoms with Gasteiger partial charge in [-0.05, 0) is 43.4 Å². The first-order valence-electron chi connectivity index (χ1n) is 12.9. The Hall–Kier alpha value is -3.81. The molecule has 2 aliphatic carbocycles. The standard InChI is InChI=1S/C29H36N4O4/c1-36-22-15-16-26(37-2)25(17-22)33(21-7-4-3-5-8-21)29(35)24-10-6-9-23(24)28(34)32-18-19-11-13-20(14-12-19)27(30)31/h10-17,21,23H,3-9,18H2,1-2H3,(H3,30,31)(H,32,34). The number of methoxy groups -OCH3 is 2. The molecule has 1 saturated carbocycles. The molecule has 0 bridgehead atoms. The van der Waals surface area contributed by atoms with Crippen molar-refractivity contribution in [1.82, 2.24) is 5.32 Å². The molecule has 0 aliphatic heterocycles. The van der Waals surface area contributed by atoms with Crippen LogP contribution in [0.3, 0.4) is 0 Å². The number of rotatable bonds is 9. The zero-order chi connectivity index (χ0) is 26.4. The molecule has 8 heteroatoms. The highest BCUT2D eigenvalue weighted by Crippen LogP contribution is 2.39. The van der Waals surface area contributed by atoms with E-state index in [1.807, 2.05) is 41.3 Å². The molecule has 2 aliphatic rings. The number of carbonyl (C=O) groups is 2. The Morgan fingerprint density at radius 2 is 1.76 bits per heavy atom. The summed E-state index contributed by atoms with van der Waals surface area (Å²) in [6, 6.07) is 12.7. The highest BCUT2D eigenvalue weighted by Gasteiger charge is 2.37. The number of hydrogen-bond acceptors (Lipinski definition) is 5. The molecule has 4 N–H and O–H groups in total. The molecule has 1 unspecified atom stereocenters. The molecule has 0 aromatic heterocycles. The van der Waals surface area contributed by atoms with Gasteiger partial charge >= 0.3 is 0 Å². The van der Waals surface area contributed by atoms with Crippen molar-refractivity contribution in [2.45, 2.75) is 57.5 Å². The van der Waals surface area contributed by atoms with Crippen molar-refractivity contribution in [3.8, 4) is 11.5 Å². The number of anilines is 1. The maximum absolute atomic E-state index is 14.2. The quantitative estimate of drug-likeness (QED) is 0.348. The van der Waals surface area contributed by atoms with Crippen molar-refractivity contribution in [2.75, 3.05) is 19.1 Å². The molecular formula is C29H36N4O4. The zero-order valence-corrected chi connectivity index (χ0v) is 21.6. The molecule has 2 aromatic rings. The van der Waals surface area contributed by atoms with Gasteiger partial charge in [0.2, 0.25) is 5.91 Å². The first kappa shape index (κ1) is 26.3. The Balaban J connectivity index is 1.55. The van der Waals surface area contributed by atoms with E-state index in [4.69, 9.17) is 20.6 Å². The van der Waals surface area contributed by atoms with Gasteiger partial charge in [0.1, 0.15) is 17.3 Å². The molecular weight excluding hydrogens is 468 g/mol. The summed E-state index contributed by atoms with van der Waals surface area (Å²) in [6.07, 6.45) is 8.30. The second-order valence-electron chi connectivity index (χ2n) is 9.62. The Bertz CT molecular complexity index is 1170. The number of nitrogens with one attached hydrogen (secondary N) is 2. The minimum absolute atomic E-state index is 0.00465. The molecule has 2 amide bonds. The smallest absolute Gasteiger partial charge is 0.255 e. The largest absolute Gasteiger partial charge is 0.497 e. The van der Waals surface area contributed by atoms with E-state index < -0.39 is 5.92 Å². The molecule has 0 spiro atoms. The Labute approximate surface area is 218 Å². The van der Waals surface area contributed by atoms with Crippen molar-refractivity contribution in [1.29, 1.82) is 5.41 Å². The van der Waals surface area contributed by atoms with Crippen LogP contribution in [-0.4, -0.2) is 37.9 Å². The van der Waals surface area contributed by atoms with E-state index in [9.17, 15) is 9.59 Å². The second kappa shape index (κ2) is 12.0. The number of nitrogens with zero attached hydrogens (tertiary/aromatic N) is 1. The summed E-state index contributed by atoms with van der Waals surface area (Å²) in [5.41, 5.74) is 8.28. The van der Waals surface area contributed by atoms with Crippen LogP contribution in [0.2, 0.25) is 0 Å². The number of carbonyl (C=O) groups excluding carboxylic acids is 2. The predicted octanol–water partition coefficient (Wildman–Crippen LogP) is 4.31. The predicted molar refractivity (Wildman–Crippen MR) is 144 cm³/mol. The van der Waals surface area contributed by atoms with E-state index >= 15 is 0 Å². The average Bonchev–Trinajstić information content (AvgIpc) is 3.43. The van der Waals surface area contributed by atoms with E-state index in [0.717, 1.165) is 37.7 Å². The van der Waals surface area contributed by atoms with E-state index in [1.54, 1.807) is 26.4 Å². The Morgan fingerprint density at radius 3 is 2.41 bits per heavy atom. The van der Waals surface area contributed by atoms with Gasteiger partial charge < -0.3 is 25.4 Å². The number of ether oxygens (including phenoxy) is 2. The SMILES string of the molecule is COc1ccc(OC)c(N(C(=O)C2=CCCC2C(=O)NCc2ccc(C(=N)N)cc2)C2CCCCC2)c1. The molecule has 196 valence electrons. The van der Waals surface area contributed by atoms with Gasteiger partial charge in [-0.2, -0.15) is 0 Å².